The van der Waals surface area contributed by atoms with Crippen molar-refractivity contribution in [1.82, 2.24) is 4.57 Å². The van der Waals surface area contributed by atoms with E-state index in [-0.39, 0.29) is 19.1 Å². The molecule has 33 heavy (non-hydrogen) atoms. The Hall–Kier alpha value is -2.54. The van der Waals surface area contributed by atoms with Crippen molar-refractivity contribution in [2.24, 2.45) is 0 Å². The number of hydrogen-bond acceptors (Lipinski definition) is 4. The third-order valence-electron chi connectivity index (χ3n) is 6.11. The molecule has 1 heterocycles. The van der Waals surface area contributed by atoms with Crippen LogP contribution in [0.2, 0.25) is 0 Å². The molecule has 0 aliphatic heterocycles. The van der Waals surface area contributed by atoms with Crippen molar-refractivity contribution < 1.29 is 14.9 Å². The first kappa shape index (κ1) is 25.1. The van der Waals surface area contributed by atoms with E-state index in [4.69, 9.17) is 13.5 Å². The molecule has 0 N–H and O–H groups in total. The number of para-hydroxylation sites is 1. The van der Waals surface area contributed by atoms with Crippen molar-refractivity contribution in [2.75, 3.05) is 12.9 Å². The van der Waals surface area contributed by atoms with E-state index in [0.717, 1.165) is 42.8 Å². The number of pyridine rings is 1. The second-order valence-electron chi connectivity index (χ2n) is 8.40. The lowest BCUT2D eigenvalue weighted by Crippen LogP contribution is -2.30. The standard InChI is InChI=1S/C26H29NO2.CH4O2S.H2/c1-2-8-23(27-25-12-7-6-11-22(25)15-18-26(27)28)19-29-24-16-13-21(14-17-24)20-9-4-3-5-10-20;1-4(2)3;/h2-7,9-12,15,18,21,23-24H,1,8,13-14,16-17,19H2;1H3,(H,2,3);1H/p-1. The zero-order chi connectivity index (χ0) is 23.6. The molecular formula is C27H34NO4S-. The smallest absolute Gasteiger partial charge is 0.251 e. The molecule has 6 heteroatoms. The zero-order valence-corrected chi connectivity index (χ0v) is 19.9. The van der Waals surface area contributed by atoms with Gasteiger partial charge in [0.05, 0.1) is 24.3 Å². The van der Waals surface area contributed by atoms with Gasteiger partial charge in [-0.15, -0.1) is 6.58 Å². The SMILES string of the molecule is C=CCC(COC1CCC(c2ccccc2)CC1)n1c(=O)ccc2ccccc21.CS(=O)[O-].[HH]. The van der Waals surface area contributed by atoms with E-state index in [1.165, 1.54) is 5.56 Å². The fraction of sp³-hybridized carbons (Fsp3) is 0.370. The predicted molar refractivity (Wildman–Crippen MR) is 136 cm³/mol. The summed E-state index contributed by atoms with van der Waals surface area (Å²) >= 11 is -1.86. The van der Waals surface area contributed by atoms with Crippen LogP contribution in [0.25, 0.3) is 10.9 Å². The average molecular weight is 469 g/mol. The maximum absolute atomic E-state index is 12.7. The summed E-state index contributed by atoms with van der Waals surface area (Å²) in [5.74, 6) is 0.640. The topological polar surface area (TPSA) is 71.4 Å². The van der Waals surface area contributed by atoms with Crippen molar-refractivity contribution >= 4 is 22.0 Å². The number of hydrogen-bond donors (Lipinski definition) is 0. The van der Waals surface area contributed by atoms with Gasteiger partial charge in [0.25, 0.3) is 5.56 Å². The number of nitrogens with zero attached hydrogens (tertiary/aromatic N) is 1. The Labute approximate surface area is 199 Å². The Balaban J connectivity index is 0.000000758. The summed E-state index contributed by atoms with van der Waals surface area (Å²) in [4.78, 5) is 12.7. The molecule has 1 aliphatic carbocycles. The summed E-state index contributed by atoms with van der Waals surface area (Å²) in [7, 11) is 0. The van der Waals surface area contributed by atoms with E-state index >= 15 is 0 Å². The van der Waals surface area contributed by atoms with Gasteiger partial charge in [-0.1, -0.05) is 65.7 Å². The molecule has 0 spiro atoms. The summed E-state index contributed by atoms with van der Waals surface area (Å²) in [6, 6.07) is 22.4. The average Bonchev–Trinajstić information content (AvgIpc) is 2.82. The van der Waals surface area contributed by atoms with Crippen LogP contribution >= 0.6 is 0 Å². The van der Waals surface area contributed by atoms with E-state index in [9.17, 15) is 4.79 Å². The Morgan fingerprint density at radius 2 is 1.73 bits per heavy atom. The van der Waals surface area contributed by atoms with Gasteiger partial charge < -0.3 is 13.9 Å². The minimum absolute atomic E-state index is 0. The zero-order valence-electron chi connectivity index (χ0n) is 19.1. The summed E-state index contributed by atoms with van der Waals surface area (Å²) in [5.41, 5.74) is 2.42. The molecule has 2 unspecified atom stereocenters. The van der Waals surface area contributed by atoms with E-state index in [1.54, 1.807) is 6.07 Å². The van der Waals surface area contributed by atoms with Gasteiger partial charge in [0.15, 0.2) is 0 Å². The van der Waals surface area contributed by atoms with Gasteiger partial charge in [-0.25, -0.2) is 0 Å². The fourth-order valence-electron chi connectivity index (χ4n) is 4.56. The van der Waals surface area contributed by atoms with E-state index in [2.05, 4.69) is 36.9 Å². The lowest BCUT2D eigenvalue weighted by molar-refractivity contribution is 0.00758. The molecule has 1 aromatic heterocycles. The third-order valence-corrected chi connectivity index (χ3v) is 6.11. The van der Waals surface area contributed by atoms with Gasteiger partial charge in [0.2, 0.25) is 0 Å². The molecule has 2 aromatic carbocycles. The molecule has 0 radical (unpaired) electrons. The molecule has 3 aromatic rings. The van der Waals surface area contributed by atoms with Crippen LogP contribution in [0.1, 0.15) is 51.1 Å². The Bertz CT molecular complexity index is 1110. The fourth-order valence-corrected chi connectivity index (χ4v) is 4.56. The van der Waals surface area contributed by atoms with Crippen LogP contribution in [0.5, 0.6) is 0 Å². The number of benzene rings is 2. The number of aromatic nitrogens is 1. The van der Waals surface area contributed by atoms with Crippen LogP contribution in [-0.2, 0) is 15.8 Å². The van der Waals surface area contributed by atoms with Crippen LogP contribution in [-0.4, -0.2) is 32.3 Å². The summed E-state index contributed by atoms with van der Waals surface area (Å²) in [5, 5.41) is 1.07. The third kappa shape index (κ3) is 7.22. The Morgan fingerprint density at radius 3 is 2.39 bits per heavy atom. The van der Waals surface area contributed by atoms with Crippen LogP contribution in [0.4, 0.5) is 0 Å². The van der Waals surface area contributed by atoms with Gasteiger partial charge in [-0.3, -0.25) is 9.00 Å². The minimum atomic E-state index is -1.86. The summed E-state index contributed by atoms with van der Waals surface area (Å²) in [6.45, 7) is 4.45. The normalized spacial score (nSPS) is 19.8. The number of fused-ring (bicyclic) bond motifs is 1. The predicted octanol–water partition coefficient (Wildman–Crippen LogP) is 5.60. The minimum Gasteiger partial charge on any atom is -0.773 e. The second-order valence-corrected chi connectivity index (χ2v) is 9.20. The largest absolute Gasteiger partial charge is 0.773 e. The van der Waals surface area contributed by atoms with Gasteiger partial charge in [-0.05, 0) is 67.4 Å². The molecule has 1 fully saturated rings. The monoisotopic (exact) mass is 468 g/mol. The summed E-state index contributed by atoms with van der Waals surface area (Å²) < 4.78 is 26.2. The first-order chi connectivity index (χ1) is 16.0. The van der Waals surface area contributed by atoms with Gasteiger partial charge in [0, 0.05) is 7.49 Å². The maximum atomic E-state index is 12.7. The van der Waals surface area contributed by atoms with Crippen molar-refractivity contribution in [1.29, 1.82) is 0 Å². The molecular weight excluding hydrogens is 434 g/mol. The highest BCUT2D eigenvalue weighted by molar-refractivity contribution is 7.78. The van der Waals surface area contributed by atoms with Gasteiger partial charge in [0.1, 0.15) is 0 Å². The first-order valence-corrected chi connectivity index (χ1v) is 12.9. The molecule has 0 saturated heterocycles. The molecule has 4 rings (SSSR count). The highest BCUT2D eigenvalue weighted by Crippen LogP contribution is 2.34. The lowest BCUT2D eigenvalue weighted by atomic mass is 9.83. The van der Waals surface area contributed by atoms with Crippen LogP contribution in [0, 0.1) is 0 Å². The lowest BCUT2D eigenvalue weighted by Gasteiger charge is -2.30. The number of ether oxygens (including phenoxy) is 1. The van der Waals surface area contributed by atoms with Crippen molar-refractivity contribution in [3.8, 4) is 0 Å². The van der Waals surface area contributed by atoms with Crippen molar-refractivity contribution in [3.05, 3.63) is 95.3 Å². The van der Waals surface area contributed by atoms with Crippen molar-refractivity contribution in [3.63, 3.8) is 0 Å². The number of allylic oxidation sites excluding steroid dienone is 1. The number of rotatable bonds is 7. The first-order valence-electron chi connectivity index (χ1n) is 11.4. The Kier molecular flexibility index (Phi) is 9.61. The molecule has 1 saturated carbocycles. The van der Waals surface area contributed by atoms with Gasteiger partial charge in [-0.2, -0.15) is 0 Å². The summed E-state index contributed by atoms with van der Waals surface area (Å²) in [6.07, 6.45) is 8.43. The quantitative estimate of drug-likeness (QED) is 0.334. The molecule has 0 bridgehead atoms. The van der Waals surface area contributed by atoms with Crippen LogP contribution in [0.15, 0.2) is 84.2 Å². The van der Waals surface area contributed by atoms with Crippen LogP contribution < -0.4 is 5.56 Å². The second kappa shape index (κ2) is 12.6. The van der Waals surface area contributed by atoms with Crippen LogP contribution in [0.3, 0.4) is 0 Å². The molecule has 1 aliphatic rings. The maximum Gasteiger partial charge on any atom is 0.251 e. The molecule has 178 valence electrons. The van der Waals surface area contributed by atoms with E-state index in [1.807, 2.05) is 41.0 Å². The highest BCUT2D eigenvalue weighted by atomic mass is 32.2. The molecule has 0 amide bonds. The molecule has 2 atom stereocenters. The Morgan fingerprint density at radius 1 is 1.09 bits per heavy atom. The van der Waals surface area contributed by atoms with E-state index < -0.39 is 11.1 Å². The van der Waals surface area contributed by atoms with E-state index in [0.29, 0.717) is 18.9 Å². The molecule has 5 nitrogen and oxygen atoms in total. The van der Waals surface area contributed by atoms with Gasteiger partial charge >= 0.3 is 0 Å². The highest BCUT2D eigenvalue weighted by Gasteiger charge is 2.24. The van der Waals surface area contributed by atoms with Crippen molar-refractivity contribution in [2.45, 2.75) is 50.2 Å².